The van der Waals surface area contributed by atoms with Crippen molar-refractivity contribution in [2.75, 3.05) is 0 Å². The van der Waals surface area contributed by atoms with E-state index in [4.69, 9.17) is 0 Å². The lowest BCUT2D eigenvalue weighted by Gasteiger charge is -1.49. The van der Waals surface area contributed by atoms with E-state index >= 15 is 0 Å². The molecule has 0 spiro atoms. The quantitative estimate of drug-likeness (QED) is 0.342. The van der Waals surface area contributed by atoms with Gasteiger partial charge in [0.25, 0.3) is 0 Å². The first-order valence-corrected chi connectivity index (χ1v) is 3.10. The maximum Gasteiger partial charge on any atom is 0.0295 e. The van der Waals surface area contributed by atoms with Crippen LogP contribution in [0.25, 0.3) is 0 Å². The van der Waals surface area contributed by atoms with Gasteiger partial charge in [0.1, 0.15) is 0 Å². The molecule has 0 amide bonds. The molecule has 0 aromatic carbocycles. The fourth-order valence-electron chi connectivity index (χ4n) is 0.123. The highest BCUT2D eigenvalue weighted by molar-refractivity contribution is 5.11. The van der Waals surface area contributed by atoms with Gasteiger partial charge in [0.15, 0.2) is 0 Å². The van der Waals surface area contributed by atoms with Crippen molar-refractivity contribution < 1.29 is 0 Å². The maximum atomic E-state index is 3.32. The molecule has 0 bridgehead atoms. The third-order valence-corrected chi connectivity index (χ3v) is 0.319. The minimum Gasteiger partial charge on any atom is -0.120 e. The van der Waals surface area contributed by atoms with Crippen LogP contribution in [0.15, 0.2) is 18.4 Å². The maximum absolute atomic E-state index is 3.32. The van der Waals surface area contributed by atoms with E-state index in [0.717, 1.165) is 0 Å². The molecule has 0 saturated carbocycles. The minimum atomic E-state index is 1.25. The van der Waals surface area contributed by atoms with Crippen molar-refractivity contribution >= 4 is 0 Å². The third-order valence-electron chi connectivity index (χ3n) is 0.319. The van der Waals surface area contributed by atoms with E-state index in [1.54, 1.807) is 13.0 Å². The van der Waals surface area contributed by atoms with Crippen molar-refractivity contribution in [2.45, 2.75) is 27.2 Å². The zero-order valence-corrected chi connectivity index (χ0v) is 6.49. The first-order chi connectivity index (χ1) is 4.33. The van der Waals surface area contributed by atoms with Gasteiger partial charge in [-0.1, -0.05) is 32.8 Å². The van der Waals surface area contributed by atoms with Gasteiger partial charge in [0, 0.05) is 6.08 Å². The molecule has 0 rings (SSSR count). The van der Waals surface area contributed by atoms with Crippen LogP contribution in [0.2, 0.25) is 0 Å². The SMILES string of the molecule is C=C=CC#CC.CCC. The Hall–Kier alpha value is -0.920. The summed E-state index contributed by atoms with van der Waals surface area (Å²) >= 11 is 0. The second-order valence-corrected chi connectivity index (χ2v) is 1.45. The van der Waals surface area contributed by atoms with Gasteiger partial charge in [-0.2, -0.15) is 0 Å². The normalized spacial score (nSPS) is 4.78. The van der Waals surface area contributed by atoms with Crippen molar-refractivity contribution in [3.8, 4) is 11.8 Å². The molecule has 0 heterocycles. The van der Waals surface area contributed by atoms with E-state index in [1.807, 2.05) is 0 Å². The summed E-state index contributed by atoms with van der Waals surface area (Å²) in [7, 11) is 0. The van der Waals surface area contributed by atoms with Gasteiger partial charge < -0.3 is 0 Å². The second kappa shape index (κ2) is 15.7. The molecule has 0 unspecified atom stereocenters. The summed E-state index contributed by atoms with van der Waals surface area (Å²) in [5.41, 5.74) is 2.52. The fourth-order valence-corrected chi connectivity index (χ4v) is 0.123. The molecule has 0 heteroatoms. The highest BCUT2D eigenvalue weighted by atomic mass is 13.5. The van der Waals surface area contributed by atoms with Crippen LogP contribution >= 0.6 is 0 Å². The van der Waals surface area contributed by atoms with Gasteiger partial charge in [-0.05, 0) is 6.92 Å². The molecule has 0 atom stereocenters. The molecule has 0 aromatic heterocycles. The van der Waals surface area contributed by atoms with E-state index < -0.39 is 0 Å². The summed E-state index contributed by atoms with van der Waals surface area (Å²) in [4.78, 5) is 0. The molecular formula is C9H14. The van der Waals surface area contributed by atoms with Crippen LogP contribution in [-0.4, -0.2) is 0 Å². The Labute approximate surface area is 58.3 Å². The zero-order valence-electron chi connectivity index (χ0n) is 6.49. The molecule has 0 saturated heterocycles. The van der Waals surface area contributed by atoms with E-state index in [-0.39, 0.29) is 0 Å². The molecule has 0 N–H and O–H groups in total. The standard InChI is InChI=1S/C6H6.C3H8/c1-3-5-6-4-2;1-3-2/h5H,1H2,2H3;3H2,1-2H3. The van der Waals surface area contributed by atoms with E-state index in [2.05, 4.69) is 38.0 Å². The molecule has 0 nitrogen and oxygen atoms in total. The molecule has 0 aliphatic heterocycles. The smallest absolute Gasteiger partial charge is 0.0295 e. The van der Waals surface area contributed by atoms with Gasteiger partial charge in [0.05, 0.1) is 0 Å². The second-order valence-electron chi connectivity index (χ2n) is 1.45. The molecule has 9 heavy (non-hydrogen) atoms. The Morgan fingerprint density at radius 2 is 1.89 bits per heavy atom. The van der Waals surface area contributed by atoms with Crippen LogP contribution < -0.4 is 0 Å². The highest BCUT2D eigenvalue weighted by Crippen LogP contribution is 1.56. The summed E-state index contributed by atoms with van der Waals surface area (Å²) in [5.74, 6) is 5.31. The first-order valence-electron chi connectivity index (χ1n) is 3.10. The largest absolute Gasteiger partial charge is 0.120 e. The monoisotopic (exact) mass is 122 g/mol. The fraction of sp³-hybridized carbons (Fsp3) is 0.444. The van der Waals surface area contributed by atoms with Crippen LogP contribution in [0, 0.1) is 11.8 Å². The first kappa shape index (κ1) is 11.0. The van der Waals surface area contributed by atoms with E-state index in [1.165, 1.54) is 6.42 Å². The Morgan fingerprint density at radius 3 is 2.00 bits per heavy atom. The van der Waals surface area contributed by atoms with E-state index in [0.29, 0.717) is 0 Å². The Bertz CT molecular complexity index is 126. The lowest BCUT2D eigenvalue weighted by molar-refractivity contribution is 1.09. The number of allylic oxidation sites excluding steroid dienone is 1. The Morgan fingerprint density at radius 1 is 1.44 bits per heavy atom. The summed E-state index contributed by atoms with van der Waals surface area (Å²) in [6.07, 6.45) is 2.83. The predicted octanol–water partition coefficient (Wildman–Crippen LogP) is 2.77. The topological polar surface area (TPSA) is 0 Å². The average Bonchev–Trinajstić information content (AvgIpc) is 1.86. The van der Waals surface area contributed by atoms with Gasteiger partial charge in [-0.15, -0.1) is 11.7 Å². The van der Waals surface area contributed by atoms with Crippen LogP contribution in [-0.2, 0) is 0 Å². The average molecular weight is 122 g/mol. The lowest BCUT2D eigenvalue weighted by atomic mass is 10.6. The van der Waals surface area contributed by atoms with Crippen molar-refractivity contribution in [3.63, 3.8) is 0 Å². The molecule has 50 valence electrons. The van der Waals surface area contributed by atoms with Crippen LogP contribution in [0.4, 0.5) is 0 Å². The molecular weight excluding hydrogens is 108 g/mol. The summed E-state index contributed by atoms with van der Waals surface area (Å²) in [6.45, 7) is 9.34. The summed E-state index contributed by atoms with van der Waals surface area (Å²) in [6, 6.07) is 0. The van der Waals surface area contributed by atoms with Gasteiger partial charge in [-0.3, -0.25) is 0 Å². The summed E-state index contributed by atoms with van der Waals surface area (Å²) in [5, 5.41) is 0. The molecule has 0 fully saturated rings. The number of hydrogen-bond acceptors (Lipinski definition) is 0. The van der Waals surface area contributed by atoms with Gasteiger partial charge >= 0.3 is 0 Å². The minimum absolute atomic E-state index is 1.25. The number of rotatable bonds is 0. The molecule has 0 aliphatic rings. The molecule has 0 aliphatic carbocycles. The highest BCUT2D eigenvalue weighted by Gasteiger charge is 1.41. The van der Waals surface area contributed by atoms with Crippen LogP contribution in [0.5, 0.6) is 0 Å². The summed E-state index contributed by atoms with van der Waals surface area (Å²) < 4.78 is 0. The predicted molar refractivity (Wildman–Crippen MR) is 43.1 cm³/mol. The van der Waals surface area contributed by atoms with Crippen molar-refractivity contribution in [1.82, 2.24) is 0 Å². The molecule has 0 aromatic rings. The van der Waals surface area contributed by atoms with Crippen molar-refractivity contribution in [1.29, 1.82) is 0 Å². The van der Waals surface area contributed by atoms with Crippen molar-refractivity contribution in [3.05, 3.63) is 18.4 Å². The molecule has 0 radical (unpaired) electrons. The Kier molecular flexibility index (Phi) is 19.1. The third kappa shape index (κ3) is 42.2. The van der Waals surface area contributed by atoms with Crippen molar-refractivity contribution in [2.24, 2.45) is 0 Å². The van der Waals surface area contributed by atoms with Gasteiger partial charge in [-0.25, -0.2) is 0 Å². The van der Waals surface area contributed by atoms with Gasteiger partial charge in [0.2, 0.25) is 0 Å². The Balaban J connectivity index is 0. The zero-order chi connectivity index (χ0) is 7.54. The van der Waals surface area contributed by atoms with Crippen LogP contribution in [0.1, 0.15) is 27.2 Å². The van der Waals surface area contributed by atoms with Crippen LogP contribution in [0.3, 0.4) is 0 Å². The lowest BCUT2D eigenvalue weighted by Crippen LogP contribution is -1.37. The number of hydrogen-bond donors (Lipinski definition) is 0. The van der Waals surface area contributed by atoms with E-state index in [9.17, 15) is 0 Å².